The van der Waals surface area contributed by atoms with Crippen molar-refractivity contribution in [1.82, 2.24) is 24.7 Å². The van der Waals surface area contributed by atoms with Crippen molar-refractivity contribution in [3.05, 3.63) is 30.6 Å². The third-order valence-electron chi connectivity index (χ3n) is 6.40. The highest BCUT2D eigenvalue weighted by Crippen LogP contribution is 2.45. The quantitative estimate of drug-likeness (QED) is 0.671. The van der Waals surface area contributed by atoms with Crippen LogP contribution in [-0.4, -0.2) is 44.5 Å². The third-order valence-corrected chi connectivity index (χ3v) is 6.40. The molecule has 29 heavy (non-hydrogen) atoms. The van der Waals surface area contributed by atoms with Crippen LogP contribution < -0.4 is 15.4 Å². The summed E-state index contributed by atoms with van der Waals surface area (Å²) in [5, 5.41) is 15.3. The highest BCUT2D eigenvalue weighted by molar-refractivity contribution is 5.93. The first-order chi connectivity index (χ1) is 14.2. The summed E-state index contributed by atoms with van der Waals surface area (Å²) in [6.07, 6.45) is 6.98. The number of carbonyl (C=O) groups excluding carboxylic acids is 1. The molecule has 3 fully saturated rings. The van der Waals surface area contributed by atoms with Crippen molar-refractivity contribution in [3.8, 4) is 17.0 Å². The van der Waals surface area contributed by atoms with Gasteiger partial charge in [0.15, 0.2) is 11.6 Å². The first-order valence-corrected chi connectivity index (χ1v) is 10.3. The van der Waals surface area contributed by atoms with E-state index in [2.05, 4.69) is 20.8 Å². The van der Waals surface area contributed by atoms with Gasteiger partial charge in [0, 0.05) is 36.8 Å². The molecule has 2 N–H and O–H groups in total. The van der Waals surface area contributed by atoms with Gasteiger partial charge in [-0.15, -0.1) is 0 Å². The monoisotopic (exact) mass is 392 g/mol. The van der Waals surface area contributed by atoms with E-state index in [0.717, 1.165) is 53.7 Å². The molecule has 6 rings (SSSR count). The number of anilines is 1. The maximum atomic E-state index is 12.0. The second-order valence-electron chi connectivity index (χ2n) is 8.54. The maximum absolute atomic E-state index is 12.0. The van der Waals surface area contributed by atoms with Crippen LogP contribution in [0.15, 0.2) is 30.6 Å². The van der Waals surface area contributed by atoms with Gasteiger partial charge < -0.3 is 15.4 Å². The molecule has 8 nitrogen and oxygen atoms in total. The molecule has 3 aromatic heterocycles. The van der Waals surface area contributed by atoms with E-state index in [1.54, 1.807) is 10.7 Å². The number of rotatable bonds is 6. The van der Waals surface area contributed by atoms with E-state index in [1.165, 1.54) is 6.42 Å². The van der Waals surface area contributed by atoms with Crippen molar-refractivity contribution in [2.75, 3.05) is 18.5 Å². The molecule has 0 spiro atoms. The summed E-state index contributed by atoms with van der Waals surface area (Å²) in [5.74, 6) is 3.24. The van der Waals surface area contributed by atoms with Gasteiger partial charge in [-0.05, 0) is 49.8 Å². The lowest BCUT2D eigenvalue weighted by molar-refractivity contribution is -0.117. The van der Waals surface area contributed by atoms with Gasteiger partial charge in [0.1, 0.15) is 12.3 Å². The van der Waals surface area contributed by atoms with Gasteiger partial charge in [0.2, 0.25) is 5.91 Å². The number of nitrogens with one attached hydrogen (secondary N) is 2. The minimum atomic E-state index is 0.0642. The van der Waals surface area contributed by atoms with E-state index in [4.69, 9.17) is 4.74 Å². The van der Waals surface area contributed by atoms with Gasteiger partial charge in [0.25, 0.3) is 0 Å². The van der Waals surface area contributed by atoms with Crippen LogP contribution in [0.25, 0.3) is 16.8 Å². The number of hydrogen-bond donors (Lipinski definition) is 2. The fourth-order valence-electron chi connectivity index (χ4n) is 4.44. The second-order valence-corrected chi connectivity index (χ2v) is 8.54. The van der Waals surface area contributed by atoms with Crippen LogP contribution in [0.5, 0.6) is 5.75 Å². The van der Waals surface area contributed by atoms with Crippen molar-refractivity contribution in [2.24, 2.45) is 24.8 Å². The van der Waals surface area contributed by atoms with E-state index in [0.29, 0.717) is 18.5 Å². The third kappa shape index (κ3) is 3.07. The average molecular weight is 392 g/mol. The van der Waals surface area contributed by atoms with Gasteiger partial charge in [-0.25, -0.2) is 4.52 Å². The lowest BCUT2D eigenvalue weighted by Gasteiger charge is -2.15. The van der Waals surface area contributed by atoms with Gasteiger partial charge in [-0.1, -0.05) is 0 Å². The molecule has 1 amide bonds. The van der Waals surface area contributed by atoms with Crippen LogP contribution in [0.3, 0.4) is 0 Å². The van der Waals surface area contributed by atoms with E-state index < -0.39 is 0 Å². The highest BCUT2D eigenvalue weighted by Gasteiger charge is 2.48. The molecule has 4 heterocycles. The standard InChI is InChI=1S/C21H24N6O2/c1-26-20(18(10-23-26)29-11-17-16-7-14(16)9-22-17)13-4-5-27-15(6-13)8-19(25-27)24-21(28)12-2-3-12/h4-6,8,10,12,14,16-17,22H,2-3,7,9,11H2,1H3,(H,24,25,28)/t14-,16-,17+/m1/s1. The number of hydrogen-bond acceptors (Lipinski definition) is 5. The Morgan fingerprint density at radius 1 is 1.38 bits per heavy atom. The number of aromatic nitrogens is 4. The fourth-order valence-corrected chi connectivity index (χ4v) is 4.44. The molecule has 0 bridgehead atoms. The lowest BCUT2D eigenvalue weighted by Crippen LogP contribution is -2.32. The summed E-state index contributed by atoms with van der Waals surface area (Å²) in [7, 11) is 1.93. The number of aryl methyl sites for hydroxylation is 1. The number of pyridine rings is 1. The summed E-state index contributed by atoms with van der Waals surface area (Å²) in [6, 6.07) is 6.40. The Bertz CT molecular complexity index is 1100. The van der Waals surface area contributed by atoms with Crippen LogP contribution in [0, 0.1) is 17.8 Å². The Morgan fingerprint density at radius 2 is 2.28 bits per heavy atom. The number of nitrogens with zero attached hydrogens (tertiary/aromatic N) is 4. The summed E-state index contributed by atoms with van der Waals surface area (Å²) in [4.78, 5) is 12.0. The Kier molecular flexibility index (Phi) is 3.71. The minimum absolute atomic E-state index is 0.0642. The zero-order valence-electron chi connectivity index (χ0n) is 16.3. The summed E-state index contributed by atoms with van der Waals surface area (Å²) < 4.78 is 9.79. The zero-order chi connectivity index (χ0) is 19.5. The van der Waals surface area contributed by atoms with Crippen molar-refractivity contribution in [3.63, 3.8) is 0 Å². The number of ether oxygens (including phenoxy) is 1. The molecule has 3 aliphatic rings. The van der Waals surface area contributed by atoms with Gasteiger partial charge >= 0.3 is 0 Å². The summed E-state index contributed by atoms with van der Waals surface area (Å²) in [6.45, 7) is 1.79. The average Bonchev–Trinajstić information content (AvgIpc) is 3.60. The van der Waals surface area contributed by atoms with Crippen LogP contribution in [0.1, 0.15) is 19.3 Å². The highest BCUT2D eigenvalue weighted by atomic mass is 16.5. The molecule has 2 saturated carbocycles. The van der Waals surface area contributed by atoms with E-state index in [1.807, 2.05) is 36.1 Å². The first kappa shape index (κ1) is 17.0. The van der Waals surface area contributed by atoms with Crippen molar-refractivity contribution in [1.29, 1.82) is 0 Å². The second kappa shape index (κ2) is 6.32. The predicted molar refractivity (Wildman–Crippen MR) is 108 cm³/mol. The Hall–Kier alpha value is -2.87. The van der Waals surface area contributed by atoms with Crippen LogP contribution >= 0.6 is 0 Å². The molecule has 3 atom stereocenters. The topological polar surface area (TPSA) is 85.5 Å². The van der Waals surface area contributed by atoms with Crippen molar-refractivity contribution >= 4 is 17.2 Å². The van der Waals surface area contributed by atoms with Crippen molar-refractivity contribution < 1.29 is 9.53 Å². The Morgan fingerprint density at radius 3 is 3.03 bits per heavy atom. The van der Waals surface area contributed by atoms with E-state index >= 15 is 0 Å². The molecular weight excluding hydrogens is 368 g/mol. The first-order valence-electron chi connectivity index (χ1n) is 10.3. The molecule has 150 valence electrons. The Labute approximate surface area is 168 Å². The molecule has 0 radical (unpaired) electrons. The number of carbonyl (C=O) groups is 1. The number of piperidine rings is 1. The van der Waals surface area contributed by atoms with Gasteiger partial charge in [-0.2, -0.15) is 10.2 Å². The predicted octanol–water partition coefficient (Wildman–Crippen LogP) is 2.07. The van der Waals surface area contributed by atoms with E-state index in [-0.39, 0.29) is 11.8 Å². The molecular formula is C21H24N6O2. The normalized spacial score (nSPS) is 25.2. The molecule has 1 saturated heterocycles. The van der Waals surface area contributed by atoms with Crippen LogP contribution in [0.2, 0.25) is 0 Å². The van der Waals surface area contributed by atoms with Gasteiger partial charge in [0.05, 0.1) is 11.7 Å². The van der Waals surface area contributed by atoms with Gasteiger partial charge in [-0.3, -0.25) is 9.48 Å². The van der Waals surface area contributed by atoms with Crippen LogP contribution in [0.4, 0.5) is 5.82 Å². The van der Waals surface area contributed by atoms with Crippen molar-refractivity contribution in [2.45, 2.75) is 25.3 Å². The molecule has 0 unspecified atom stereocenters. The largest absolute Gasteiger partial charge is 0.488 e. The molecule has 2 aliphatic carbocycles. The lowest BCUT2D eigenvalue weighted by atomic mass is 10.1. The molecule has 1 aliphatic heterocycles. The minimum Gasteiger partial charge on any atom is -0.488 e. The molecule has 3 aromatic rings. The number of fused-ring (bicyclic) bond motifs is 2. The smallest absolute Gasteiger partial charge is 0.228 e. The van der Waals surface area contributed by atoms with Crippen LogP contribution in [-0.2, 0) is 11.8 Å². The summed E-state index contributed by atoms with van der Waals surface area (Å²) >= 11 is 0. The Balaban J connectivity index is 1.24. The SMILES string of the molecule is Cn1ncc(OC[C@@H]2NC[C@H]3C[C@H]32)c1-c1ccn2nc(NC(=O)C3CC3)cc2c1. The zero-order valence-corrected chi connectivity index (χ0v) is 16.3. The fraction of sp³-hybridized carbons (Fsp3) is 0.476. The molecule has 8 heteroatoms. The summed E-state index contributed by atoms with van der Waals surface area (Å²) in [5.41, 5.74) is 2.87. The van der Waals surface area contributed by atoms with E-state index in [9.17, 15) is 4.79 Å². The molecule has 0 aromatic carbocycles. The maximum Gasteiger partial charge on any atom is 0.228 e. The number of amides is 1.